The number of ether oxygens (including phenoxy) is 1. The van der Waals surface area contributed by atoms with Crippen LogP contribution >= 0.6 is 0 Å². The van der Waals surface area contributed by atoms with E-state index in [1.165, 1.54) is 11.1 Å². The maximum absolute atomic E-state index is 14.1. The van der Waals surface area contributed by atoms with Crippen LogP contribution in [0.25, 0.3) is 10.9 Å². The molecule has 3 aliphatic heterocycles. The number of hydrogen-bond donors (Lipinski definition) is 1. The van der Waals surface area contributed by atoms with Gasteiger partial charge in [-0.3, -0.25) is 14.5 Å². The Labute approximate surface area is 212 Å². The Morgan fingerprint density at radius 1 is 1.03 bits per heavy atom. The summed E-state index contributed by atoms with van der Waals surface area (Å²) in [7, 11) is 0. The predicted molar refractivity (Wildman–Crippen MR) is 139 cm³/mol. The fourth-order valence-electron chi connectivity index (χ4n) is 6.23. The summed E-state index contributed by atoms with van der Waals surface area (Å²) in [5.74, 6) is 0.0216. The molecule has 3 aromatic rings. The third kappa shape index (κ3) is 3.64. The number of rotatable bonds is 5. The zero-order valence-corrected chi connectivity index (χ0v) is 21.1. The van der Waals surface area contributed by atoms with Crippen LogP contribution in [0.15, 0.2) is 48.5 Å². The van der Waals surface area contributed by atoms with E-state index in [1.807, 2.05) is 24.0 Å². The molecule has 3 aliphatic rings. The van der Waals surface area contributed by atoms with Gasteiger partial charge in [-0.1, -0.05) is 49.4 Å². The van der Waals surface area contributed by atoms with Crippen molar-refractivity contribution in [2.24, 2.45) is 0 Å². The highest BCUT2D eigenvalue weighted by molar-refractivity contribution is 6.01. The zero-order chi connectivity index (χ0) is 24.9. The molecular formula is C29H34N4O3. The van der Waals surface area contributed by atoms with Crippen molar-refractivity contribution in [3.63, 3.8) is 0 Å². The Balaban J connectivity index is 1.41. The lowest BCUT2D eigenvalue weighted by molar-refractivity contribution is -0.166. The Morgan fingerprint density at radius 2 is 1.78 bits per heavy atom. The highest BCUT2D eigenvalue weighted by Gasteiger charge is 2.56. The number of benzene rings is 2. The van der Waals surface area contributed by atoms with Crippen LogP contribution in [0.1, 0.15) is 42.1 Å². The molecule has 4 heterocycles. The minimum atomic E-state index is -1.05. The second-order valence-corrected chi connectivity index (χ2v) is 10.4. The van der Waals surface area contributed by atoms with Gasteiger partial charge in [0, 0.05) is 49.5 Å². The van der Waals surface area contributed by atoms with Gasteiger partial charge in [0.25, 0.3) is 5.91 Å². The Bertz CT molecular complexity index is 1290. The van der Waals surface area contributed by atoms with E-state index in [1.54, 1.807) is 4.90 Å². The molecular weight excluding hydrogens is 452 g/mol. The molecule has 2 amide bonds. The van der Waals surface area contributed by atoms with Gasteiger partial charge in [0.15, 0.2) is 5.54 Å². The fraction of sp³-hybridized carbons (Fsp3) is 0.448. The maximum atomic E-state index is 14.1. The summed E-state index contributed by atoms with van der Waals surface area (Å²) in [6.07, 6.45) is 0.987. The quantitative estimate of drug-likeness (QED) is 0.602. The first kappa shape index (κ1) is 23.3. The normalized spacial score (nSPS) is 24.8. The highest BCUT2D eigenvalue weighted by atomic mass is 16.5. The number of amides is 2. The zero-order valence-electron chi connectivity index (χ0n) is 21.1. The molecule has 0 saturated carbocycles. The van der Waals surface area contributed by atoms with Crippen LogP contribution in [0.3, 0.4) is 0 Å². The number of nitrogens with one attached hydrogen (secondary N) is 1. The van der Waals surface area contributed by atoms with Gasteiger partial charge >= 0.3 is 0 Å². The number of nitrogens with zero attached hydrogens (tertiary/aromatic N) is 3. The minimum absolute atomic E-state index is 0.00273. The average Bonchev–Trinajstić information content (AvgIpc) is 3.32. The van der Waals surface area contributed by atoms with E-state index >= 15 is 0 Å². The third-order valence-electron chi connectivity index (χ3n) is 8.40. The summed E-state index contributed by atoms with van der Waals surface area (Å²) in [6, 6.07) is 17.0. The smallest absolute Gasteiger partial charge is 0.254 e. The number of piperazine rings is 1. The molecule has 0 spiro atoms. The van der Waals surface area contributed by atoms with Gasteiger partial charge < -0.3 is 19.5 Å². The van der Waals surface area contributed by atoms with Crippen LogP contribution in [0, 0.1) is 0 Å². The fourth-order valence-corrected chi connectivity index (χ4v) is 6.23. The molecule has 2 saturated heterocycles. The van der Waals surface area contributed by atoms with Crippen LogP contribution in [-0.2, 0) is 26.3 Å². The van der Waals surface area contributed by atoms with Crippen molar-refractivity contribution in [2.45, 2.75) is 31.7 Å². The number of carbonyl (C=O) groups is 2. The van der Waals surface area contributed by atoms with Crippen LogP contribution in [-0.4, -0.2) is 84.0 Å². The molecule has 0 radical (unpaired) electrons. The van der Waals surface area contributed by atoms with Gasteiger partial charge in [-0.05, 0) is 36.1 Å². The van der Waals surface area contributed by atoms with Gasteiger partial charge in [0.1, 0.15) is 0 Å². The third-order valence-corrected chi connectivity index (χ3v) is 8.40. The van der Waals surface area contributed by atoms with Crippen molar-refractivity contribution in [3.05, 3.63) is 70.9 Å². The molecule has 1 aromatic heterocycles. The van der Waals surface area contributed by atoms with Crippen molar-refractivity contribution in [1.29, 1.82) is 0 Å². The summed E-state index contributed by atoms with van der Waals surface area (Å²) in [5, 5.41) is 1.13. The number of aryl methyl sites for hydroxylation is 1. The van der Waals surface area contributed by atoms with E-state index in [-0.39, 0.29) is 24.3 Å². The lowest BCUT2D eigenvalue weighted by Crippen LogP contribution is -2.68. The summed E-state index contributed by atoms with van der Waals surface area (Å²) in [4.78, 5) is 37.2. The Hall–Kier alpha value is -3.16. The summed E-state index contributed by atoms with van der Waals surface area (Å²) < 4.78 is 5.46. The van der Waals surface area contributed by atoms with E-state index in [2.05, 4.69) is 53.2 Å². The molecule has 0 bridgehead atoms. The molecule has 0 aliphatic carbocycles. The average molecular weight is 487 g/mol. The van der Waals surface area contributed by atoms with Gasteiger partial charge in [0.2, 0.25) is 5.91 Å². The number of morpholine rings is 1. The number of H-pyrrole nitrogens is 1. The second-order valence-electron chi connectivity index (χ2n) is 10.4. The number of aromatic amines is 1. The lowest BCUT2D eigenvalue weighted by Gasteiger charge is -2.51. The van der Waals surface area contributed by atoms with Crippen LogP contribution in [0.4, 0.5) is 0 Å². The number of aromatic nitrogens is 1. The van der Waals surface area contributed by atoms with Crippen LogP contribution in [0.5, 0.6) is 0 Å². The van der Waals surface area contributed by atoms with E-state index in [0.29, 0.717) is 13.1 Å². The predicted octanol–water partition coefficient (Wildman–Crippen LogP) is 3.09. The van der Waals surface area contributed by atoms with Gasteiger partial charge in [-0.15, -0.1) is 0 Å². The summed E-state index contributed by atoms with van der Waals surface area (Å²) in [6.45, 7) is 9.19. The van der Waals surface area contributed by atoms with Crippen molar-refractivity contribution in [1.82, 2.24) is 19.7 Å². The van der Waals surface area contributed by atoms with Crippen LogP contribution < -0.4 is 0 Å². The van der Waals surface area contributed by atoms with Crippen molar-refractivity contribution >= 4 is 22.7 Å². The van der Waals surface area contributed by atoms with E-state index < -0.39 is 5.54 Å². The van der Waals surface area contributed by atoms with E-state index in [4.69, 9.17) is 4.74 Å². The lowest BCUT2D eigenvalue weighted by atomic mass is 9.76. The van der Waals surface area contributed by atoms with E-state index in [0.717, 1.165) is 61.4 Å². The first-order valence-electron chi connectivity index (χ1n) is 13.1. The molecule has 2 aromatic carbocycles. The molecule has 7 nitrogen and oxygen atoms in total. The molecule has 2 fully saturated rings. The SMILES string of the molecule is CCc1ccc(C2CN3C(=O)CN(CCN4CCOCC4)C(=O)C3(C)c3[nH]c4ccccc4c32)cc1. The molecule has 36 heavy (non-hydrogen) atoms. The van der Waals surface area contributed by atoms with Crippen LogP contribution in [0.2, 0.25) is 0 Å². The Morgan fingerprint density at radius 3 is 2.53 bits per heavy atom. The molecule has 188 valence electrons. The standard InChI is InChI=1S/C29H34N4O3/c1-3-20-8-10-21(11-9-20)23-18-33-25(34)19-32(13-12-31-14-16-36-17-15-31)28(35)29(33,2)27-26(23)22-6-4-5-7-24(22)30-27/h4-11,23,30H,3,12-19H2,1-2H3. The molecule has 2 atom stereocenters. The number of para-hydroxylation sites is 1. The first-order valence-corrected chi connectivity index (χ1v) is 13.1. The summed E-state index contributed by atoms with van der Waals surface area (Å²) >= 11 is 0. The highest BCUT2D eigenvalue weighted by Crippen LogP contribution is 2.48. The van der Waals surface area contributed by atoms with Crippen molar-refractivity contribution < 1.29 is 14.3 Å². The second kappa shape index (κ2) is 9.05. The Kier molecular flexibility index (Phi) is 5.85. The largest absolute Gasteiger partial charge is 0.379 e. The van der Waals surface area contributed by atoms with E-state index in [9.17, 15) is 9.59 Å². The molecule has 6 rings (SSSR count). The molecule has 1 N–H and O–H groups in total. The van der Waals surface area contributed by atoms with Gasteiger partial charge in [0.05, 0.1) is 25.5 Å². The molecule has 7 heteroatoms. The van der Waals surface area contributed by atoms with Crippen molar-refractivity contribution in [3.8, 4) is 0 Å². The van der Waals surface area contributed by atoms with Gasteiger partial charge in [-0.2, -0.15) is 0 Å². The summed E-state index contributed by atoms with van der Waals surface area (Å²) in [5.41, 5.74) is 4.42. The maximum Gasteiger partial charge on any atom is 0.254 e. The number of hydrogen-bond acceptors (Lipinski definition) is 4. The van der Waals surface area contributed by atoms with Gasteiger partial charge in [-0.25, -0.2) is 0 Å². The first-order chi connectivity index (χ1) is 17.5. The number of carbonyl (C=O) groups excluding carboxylic acids is 2. The molecule has 2 unspecified atom stereocenters. The monoisotopic (exact) mass is 486 g/mol. The number of fused-ring (bicyclic) bond motifs is 5. The van der Waals surface area contributed by atoms with Crippen molar-refractivity contribution in [2.75, 3.05) is 52.5 Å². The topological polar surface area (TPSA) is 68.9 Å². The minimum Gasteiger partial charge on any atom is -0.379 e.